The lowest BCUT2D eigenvalue weighted by Crippen LogP contribution is -2.18. The lowest BCUT2D eigenvalue weighted by atomic mass is 10.1. The smallest absolute Gasteiger partial charge is 0.0853 e. The molecule has 1 fully saturated rings. The molecule has 0 radical (unpaired) electrons. The number of rotatable bonds is 2. The van der Waals surface area contributed by atoms with E-state index in [1.807, 2.05) is 12.1 Å². The standard InChI is InChI=1S/C9H12N2O/c10-9(2-3-9)7-1-4-11-8(5-7)6-12/h1,4-5,12H,2-3,6,10H2. The van der Waals surface area contributed by atoms with Gasteiger partial charge in [-0.05, 0) is 30.5 Å². The van der Waals surface area contributed by atoms with E-state index in [9.17, 15) is 0 Å². The second-order valence-electron chi connectivity index (χ2n) is 3.35. The van der Waals surface area contributed by atoms with Crippen molar-refractivity contribution in [1.29, 1.82) is 0 Å². The first-order chi connectivity index (χ1) is 5.74. The lowest BCUT2D eigenvalue weighted by molar-refractivity contribution is 0.276. The number of hydrogen-bond acceptors (Lipinski definition) is 3. The molecule has 0 bridgehead atoms. The highest BCUT2D eigenvalue weighted by Gasteiger charge is 2.39. The van der Waals surface area contributed by atoms with Crippen LogP contribution in [0.3, 0.4) is 0 Å². The fourth-order valence-corrected chi connectivity index (χ4v) is 1.30. The second kappa shape index (κ2) is 2.54. The van der Waals surface area contributed by atoms with Gasteiger partial charge in [0, 0.05) is 11.7 Å². The summed E-state index contributed by atoms with van der Waals surface area (Å²) in [5.74, 6) is 0. The van der Waals surface area contributed by atoms with Crippen molar-refractivity contribution in [3.05, 3.63) is 29.6 Å². The molecule has 0 spiro atoms. The minimum Gasteiger partial charge on any atom is -0.390 e. The Bertz CT molecular complexity index is 294. The van der Waals surface area contributed by atoms with E-state index in [-0.39, 0.29) is 12.1 Å². The van der Waals surface area contributed by atoms with Crippen molar-refractivity contribution in [2.24, 2.45) is 5.73 Å². The summed E-state index contributed by atoms with van der Waals surface area (Å²) in [5, 5.41) is 8.84. The van der Waals surface area contributed by atoms with Crippen molar-refractivity contribution in [2.75, 3.05) is 0 Å². The fraction of sp³-hybridized carbons (Fsp3) is 0.444. The molecule has 12 heavy (non-hydrogen) atoms. The summed E-state index contributed by atoms with van der Waals surface area (Å²) in [6, 6.07) is 3.80. The summed E-state index contributed by atoms with van der Waals surface area (Å²) in [7, 11) is 0. The van der Waals surface area contributed by atoms with Crippen LogP contribution in [0.4, 0.5) is 0 Å². The summed E-state index contributed by atoms with van der Waals surface area (Å²) in [6.45, 7) is -0.0100. The van der Waals surface area contributed by atoms with Gasteiger partial charge in [-0.1, -0.05) is 0 Å². The molecule has 0 aromatic carbocycles. The Labute approximate surface area is 71.2 Å². The van der Waals surface area contributed by atoms with E-state index in [0.29, 0.717) is 5.69 Å². The summed E-state index contributed by atoms with van der Waals surface area (Å²) < 4.78 is 0. The van der Waals surface area contributed by atoms with E-state index in [1.165, 1.54) is 0 Å². The maximum absolute atomic E-state index is 8.84. The van der Waals surface area contributed by atoms with Crippen molar-refractivity contribution in [3.8, 4) is 0 Å². The molecule has 0 aliphatic heterocycles. The summed E-state index contributed by atoms with van der Waals surface area (Å²) in [4.78, 5) is 3.99. The molecule has 0 atom stereocenters. The molecule has 1 aromatic rings. The van der Waals surface area contributed by atoms with Crippen LogP contribution >= 0.6 is 0 Å². The SMILES string of the molecule is NC1(c2ccnc(CO)c2)CC1. The maximum Gasteiger partial charge on any atom is 0.0853 e. The van der Waals surface area contributed by atoms with E-state index in [0.717, 1.165) is 18.4 Å². The largest absolute Gasteiger partial charge is 0.390 e. The van der Waals surface area contributed by atoms with Crippen LogP contribution in [0.15, 0.2) is 18.3 Å². The molecule has 1 saturated carbocycles. The van der Waals surface area contributed by atoms with Gasteiger partial charge >= 0.3 is 0 Å². The first-order valence-corrected chi connectivity index (χ1v) is 4.10. The van der Waals surface area contributed by atoms with Gasteiger partial charge in [-0.25, -0.2) is 0 Å². The predicted octanol–water partition coefficient (Wildman–Crippen LogP) is 0.522. The first-order valence-electron chi connectivity index (χ1n) is 4.10. The Morgan fingerprint density at radius 1 is 1.58 bits per heavy atom. The Kier molecular flexibility index (Phi) is 1.63. The molecule has 0 saturated heterocycles. The highest BCUT2D eigenvalue weighted by molar-refractivity contribution is 5.29. The Morgan fingerprint density at radius 3 is 2.92 bits per heavy atom. The van der Waals surface area contributed by atoms with E-state index < -0.39 is 0 Å². The van der Waals surface area contributed by atoms with E-state index in [1.54, 1.807) is 6.20 Å². The molecule has 3 N–H and O–H groups in total. The predicted molar refractivity (Wildman–Crippen MR) is 45.3 cm³/mol. The Balaban J connectivity index is 2.32. The van der Waals surface area contributed by atoms with Crippen LogP contribution in [0.25, 0.3) is 0 Å². The third kappa shape index (κ3) is 1.21. The van der Waals surface area contributed by atoms with E-state index in [4.69, 9.17) is 10.8 Å². The third-order valence-electron chi connectivity index (χ3n) is 2.34. The topological polar surface area (TPSA) is 59.1 Å². The molecule has 1 heterocycles. The van der Waals surface area contributed by atoms with E-state index in [2.05, 4.69) is 4.98 Å². The molecule has 2 rings (SSSR count). The first kappa shape index (κ1) is 7.71. The van der Waals surface area contributed by atoms with Crippen LogP contribution in [0.2, 0.25) is 0 Å². The van der Waals surface area contributed by atoms with Gasteiger partial charge < -0.3 is 10.8 Å². The summed E-state index contributed by atoms with van der Waals surface area (Å²) in [5.41, 5.74) is 7.66. The molecular weight excluding hydrogens is 152 g/mol. The molecule has 3 nitrogen and oxygen atoms in total. The van der Waals surface area contributed by atoms with Gasteiger partial charge in [0.1, 0.15) is 0 Å². The highest BCUT2D eigenvalue weighted by Crippen LogP contribution is 2.42. The van der Waals surface area contributed by atoms with Crippen LogP contribution in [0.5, 0.6) is 0 Å². The summed E-state index contributed by atoms with van der Waals surface area (Å²) >= 11 is 0. The van der Waals surface area contributed by atoms with Crippen molar-refractivity contribution in [3.63, 3.8) is 0 Å². The summed E-state index contributed by atoms with van der Waals surface area (Å²) in [6.07, 6.45) is 3.79. The molecule has 0 amide bonds. The monoisotopic (exact) mass is 164 g/mol. The van der Waals surface area contributed by atoms with E-state index >= 15 is 0 Å². The lowest BCUT2D eigenvalue weighted by Gasteiger charge is -2.08. The third-order valence-corrected chi connectivity index (χ3v) is 2.34. The molecule has 0 unspecified atom stereocenters. The molecule has 3 heteroatoms. The number of hydrogen-bond donors (Lipinski definition) is 2. The minimum absolute atomic E-state index is 0.0100. The van der Waals surface area contributed by atoms with Crippen molar-refractivity contribution < 1.29 is 5.11 Å². The quantitative estimate of drug-likeness (QED) is 0.670. The van der Waals surface area contributed by atoms with Gasteiger partial charge in [0.25, 0.3) is 0 Å². The Morgan fingerprint density at radius 2 is 2.33 bits per heavy atom. The van der Waals surface area contributed by atoms with Crippen molar-refractivity contribution in [1.82, 2.24) is 4.98 Å². The zero-order valence-corrected chi connectivity index (χ0v) is 6.83. The second-order valence-corrected chi connectivity index (χ2v) is 3.35. The molecule has 1 aromatic heterocycles. The number of nitrogens with two attached hydrogens (primary N) is 1. The Hall–Kier alpha value is -0.930. The molecule has 64 valence electrons. The van der Waals surface area contributed by atoms with Crippen LogP contribution in [-0.4, -0.2) is 10.1 Å². The number of nitrogens with zero attached hydrogens (tertiary/aromatic N) is 1. The van der Waals surface area contributed by atoms with Gasteiger partial charge in [0.2, 0.25) is 0 Å². The molecular formula is C9H12N2O. The van der Waals surface area contributed by atoms with Gasteiger partial charge in [0.15, 0.2) is 0 Å². The van der Waals surface area contributed by atoms with Crippen LogP contribution < -0.4 is 5.73 Å². The van der Waals surface area contributed by atoms with Gasteiger partial charge in [-0.2, -0.15) is 0 Å². The van der Waals surface area contributed by atoms with Gasteiger partial charge in [-0.3, -0.25) is 4.98 Å². The highest BCUT2D eigenvalue weighted by atomic mass is 16.3. The fourth-order valence-electron chi connectivity index (χ4n) is 1.30. The molecule has 1 aliphatic rings. The maximum atomic E-state index is 8.84. The van der Waals surface area contributed by atoms with Gasteiger partial charge in [-0.15, -0.1) is 0 Å². The number of aromatic nitrogens is 1. The average molecular weight is 164 g/mol. The van der Waals surface area contributed by atoms with Gasteiger partial charge in [0.05, 0.1) is 12.3 Å². The van der Waals surface area contributed by atoms with Crippen LogP contribution in [-0.2, 0) is 12.1 Å². The number of pyridine rings is 1. The minimum atomic E-state index is -0.118. The zero-order valence-electron chi connectivity index (χ0n) is 6.83. The zero-order chi connectivity index (χ0) is 8.60. The van der Waals surface area contributed by atoms with Crippen LogP contribution in [0, 0.1) is 0 Å². The number of aliphatic hydroxyl groups excluding tert-OH is 1. The van der Waals surface area contributed by atoms with Crippen LogP contribution in [0.1, 0.15) is 24.1 Å². The van der Waals surface area contributed by atoms with Crippen molar-refractivity contribution in [2.45, 2.75) is 25.0 Å². The molecule has 1 aliphatic carbocycles. The average Bonchev–Trinajstić information content (AvgIpc) is 2.85. The normalized spacial score (nSPS) is 19.2. The van der Waals surface area contributed by atoms with Crippen molar-refractivity contribution >= 4 is 0 Å². The number of aliphatic hydroxyl groups is 1.